The molecule has 0 aliphatic rings. The molecule has 1 aromatic carbocycles. The van der Waals surface area contributed by atoms with E-state index in [4.69, 9.17) is 0 Å². The molecule has 0 unspecified atom stereocenters. The van der Waals surface area contributed by atoms with Crippen molar-refractivity contribution >= 4 is 23.2 Å². The highest BCUT2D eigenvalue weighted by Crippen LogP contribution is 2.18. The molecule has 4 heteroatoms. The zero-order valence-corrected chi connectivity index (χ0v) is 10.9. The van der Waals surface area contributed by atoms with Gasteiger partial charge in [0.1, 0.15) is 11.6 Å². The van der Waals surface area contributed by atoms with Gasteiger partial charge in [-0.05, 0) is 32.4 Å². The predicted octanol–water partition coefficient (Wildman–Crippen LogP) is 2.04. The number of hydrogen-bond acceptors (Lipinski definition) is 3. The number of amides is 1. The second-order valence-electron chi connectivity index (χ2n) is 4.47. The van der Waals surface area contributed by atoms with Crippen LogP contribution in [0.4, 0.5) is 5.69 Å². The number of carbonyl (C=O) groups excluding carboxylic acids is 3. The molecule has 0 heterocycles. The molecule has 4 nitrogen and oxygen atoms in total. The van der Waals surface area contributed by atoms with Crippen molar-refractivity contribution in [3.05, 3.63) is 29.3 Å². The summed E-state index contributed by atoms with van der Waals surface area (Å²) in [6.45, 7) is 4.79. The number of benzene rings is 1. The number of ketones is 2. The average Bonchev–Trinajstić information content (AvgIpc) is 2.20. The number of Topliss-reactive ketones (excluding diaryl/α,β-unsaturated/α-hetero) is 2. The topological polar surface area (TPSA) is 63.2 Å². The summed E-state index contributed by atoms with van der Waals surface area (Å²) in [5, 5.41) is 2.66. The normalized spacial score (nSPS) is 9.94. The number of nitrogens with one attached hydrogen (secondary N) is 1. The Morgan fingerprint density at radius 1 is 1.11 bits per heavy atom. The number of anilines is 1. The van der Waals surface area contributed by atoms with Crippen LogP contribution < -0.4 is 5.32 Å². The Morgan fingerprint density at radius 3 is 2.33 bits per heavy atom. The molecule has 0 aliphatic heterocycles. The largest absolute Gasteiger partial charge is 0.325 e. The van der Waals surface area contributed by atoms with Crippen molar-refractivity contribution in [2.75, 3.05) is 5.32 Å². The molecule has 18 heavy (non-hydrogen) atoms. The van der Waals surface area contributed by atoms with Gasteiger partial charge in [-0.2, -0.15) is 0 Å². The highest BCUT2D eigenvalue weighted by atomic mass is 16.2. The van der Waals surface area contributed by atoms with Crippen molar-refractivity contribution in [2.24, 2.45) is 0 Å². The van der Waals surface area contributed by atoms with Gasteiger partial charge >= 0.3 is 0 Å². The van der Waals surface area contributed by atoms with Crippen LogP contribution in [0.5, 0.6) is 0 Å². The van der Waals surface area contributed by atoms with E-state index >= 15 is 0 Å². The summed E-state index contributed by atoms with van der Waals surface area (Å²) in [5.74, 6) is -0.508. The van der Waals surface area contributed by atoms with Crippen LogP contribution in [0, 0.1) is 6.92 Å². The van der Waals surface area contributed by atoms with Crippen LogP contribution >= 0.6 is 0 Å². The monoisotopic (exact) mass is 247 g/mol. The fraction of sp³-hybridized carbons (Fsp3) is 0.357. The van der Waals surface area contributed by atoms with Crippen LogP contribution in [0.25, 0.3) is 0 Å². The van der Waals surface area contributed by atoms with Gasteiger partial charge in [-0.3, -0.25) is 14.4 Å². The molecule has 0 saturated carbocycles. The summed E-state index contributed by atoms with van der Waals surface area (Å²) in [6, 6.07) is 5.48. The molecule has 0 saturated heterocycles. The van der Waals surface area contributed by atoms with E-state index in [2.05, 4.69) is 5.32 Å². The lowest BCUT2D eigenvalue weighted by atomic mass is 10.0. The molecule has 0 atom stereocenters. The van der Waals surface area contributed by atoms with Gasteiger partial charge in [0.05, 0.1) is 6.42 Å². The molecule has 0 bridgehead atoms. The number of carbonyl (C=O) groups is 3. The van der Waals surface area contributed by atoms with Gasteiger partial charge in [0, 0.05) is 12.1 Å². The fourth-order valence-corrected chi connectivity index (χ4v) is 1.68. The Morgan fingerprint density at radius 2 is 1.78 bits per heavy atom. The van der Waals surface area contributed by atoms with Crippen molar-refractivity contribution in [1.29, 1.82) is 0 Å². The average molecular weight is 247 g/mol. The minimum Gasteiger partial charge on any atom is -0.325 e. The fourth-order valence-electron chi connectivity index (χ4n) is 1.68. The first-order valence-corrected chi connectivity index (χ1v) is 5.76. The van der Waals surface area contributed by atoms with Crippen LogP contribution in [0.3, 0.4) is 0 Å². The zero-order chi connectivity index (χ0) is 13.7. The van der Waals surface area contributed by atoms with Gasteiger partial charge in [-0.15, -0.1) is 0 Å². The minimum absolute atomic E-state index is 0.0302. The van der Waals surface area contributed by atoms with Crippen molar-refractivity contribution in [3.63, 3.8) is 0 Å². The Labute approximate surface area is 106 Å². The maximum Gasteiger partial charge on any atom is 0.231 e. The molecule has 96 valence electrons. The third-order valence-corrected chi connectivity index (χ3v) is 2.38. The van der Waals surface area contributed by atoms with Crippen molar-refractivity contribution < 1.29 is 14.4 Å². The molecule has 0 fully saturated rings. The minimum atomic E-state index is -0.351. The van der Waals surface area contributed by atoms with Gasteiger partial charge in [0.15, 0.2) is 0 Å². The third kappa shape index (κ3) is 4.49. The van der Waals surface area contributed by atoms with Crippen LogP contribution in [0.15, 0.2) is 18.2 Å². The van der Waals surface area contributed by atoms with Crippen LogP contribution in [0.2, 0.25) is 0 Å². The van der Waals surface area contributed by atoms with E-state index in [0.29, 0.717) is 5.69 Å². The van der Waals surface area contributed by atoms with Gasteiger partial charge in [0.2, 0.25) is 5.91 Å². The van der Waals surface area contributed by atoms with Gasteiger partial charge in [0.25, 0.3) is 0 Å². The first-order valence-electron chi connectivity index (χ1n) is 5.76. The molecule has 1 N–H and O–H groups in total. The van der Waals surface area contributed by atoms with E-state index in [1.165, 1.54) is 13.8 Å². The molecule has 0 aliphatic carbocycles. The van der Waals surface area contributed by atoms with Crippen LogP contribution in [0.1, 0.15) is 31.4 Å². The van der Waals surface area contributed by atoms with Crippen LogP contribution in [-0.2, 0) is 20.8 Å². The second kappa shape index (κ2) is 6.10. The SMILES string of the molecule is CC(=O)CC(=O)Nc1ccc(C)cc1CC(C)=O. The smallest absolute Gasteiger partial charge is 0.231 e. The van der Waals surface area contributed by atoms with E-state index in [0.717, 1.165) is 11.1 Å². The lowest BCUT2D eigenvalue weighted by Gasteiger charge is -2.10. The van der Waals surface area contributed by atoms with E-state index in [9.17, 15) is 14.4 Å². The quantitative estimate of drug-likeness (QED) is 0.810. The first kappa shape index (κ1) is 14.1. The number of aryl methyl sites for hydroxylation is 1. The molecule has 0 radical (unpaired) electrons. The maximum atomic E-state index is 11.5. The summed E-state index contributed by atoms with van der Waals surface area (Å²) in [6.07, 6.45) is 0.130. The number of rotatable bonds is 5. The summed E-state index contributed by atoms with van der Waals surface area (Å²) in [4.78, 5) is 33.5. The van der Waals surface area contributed by atoms with Crippen molar-refractivity contribution in [2.45, 2.75) is 33.6 Å². The summed E-state index contributed by atoms with van der Waals surface area (Å²) in [7, 11) is 0. The van der Waals surface area contributed by atoms with Crippen molar-refractivity contribution in [1.82, 2.24) is 0 Å². The van der Waals surface area contributed by atoms with Gasteiger partial charge in [-0.25, -0.2) is 0 Å². The van der Waals surface area contributed by atoms with E-state index in [1.807, 2.05) is 19.1 Å². The molecule has 1 amide bonds. The van der Waals surface area contributed by atoms with Crippen molar-refractivity contribution in [3.8, 4) is 0 Å². The standard InChI is InChI=1S/C14H17NO3/c1-9-4-5-13(12(6-9)7-10(2)16)15-14(18)8-11(3)17/h4-6H,7-8H2,1-3H3,(H,15,18). The summed E-state index contributed by atoms with van der Waals surface area (Å²) >= 11 is 0. The van der Waals surface area contributed by atoms with Crippen LogP contribution in [-0.4, -0.2) is 17.5 Å². The molecule has 1 rings (SSSR count). The summed E-state index contributed by atoms with van der Waals surface area (Å²) in [5.41, 5.74) is 2.40. The second-order valence-corrected chi connectivity index (χ2v) is 4.47. The Hall–Kier alpha value is -1.97. The van der Waals surface area contributed by atoms with E-state index < -0.39 is 0 Å². The number of hydrogen-bond donors (Lipinski definition) is 1. The third-order valence-electron chi connectivity index (χ3n) is 2.38. The first-order chi connectivity index (χ1) is 8.38. The molecule has 0 aromatic heterocycles. The zero-order valence-electron chi connectivity index (χ0n) is 10.9. The Kier molecular flexibility index (Phi) is 4.77. The summed E-state index contributed by atoms with van der Waals surface area (Å²) < 4.78 is 0. The van der Waals surface area contributed by atoms with E-state index in [1.54, 1.807) is 6.07 Å². The predicted molar refractivity (Wildman–Crippen MR) is 69.5 cm³/mol. The molecular weight excluding hydrogens is 230 g/mol. The lowest BCUT2D eigenvalue weighted by Crippen LogP contribution is -2.16. The molecule has 0 spiro atoms. The lowest BCUT2D eigenvalue weighted by molar-refractivity contribution is -0.124. The Bertz CT molecular complexity index is 492. The highest BCUT2D eigenvalue weighted by Gasteiger charge is 2.10. The molecule has 1 aromatic rings. The highest BCUT2D eigenvalue weighted by molar-refractivity contribution is 6.04. The van der Waals surface area contributed by atoms with E-state index in [-0.39, 0.29) is 30.3 Å². The van der Waals surface area contributed by atoms with Gasteiger partial charge in [-0.1, -0.05) is 17.7 Å². The molecular formula is C14H17NO3. The van der Waals surface area contributed by atoms with Gasteiger partial charge < -0.3 is 5.32 Å². The Balaban J connectivity index is 2.90. The maximum absolute atomic E-state index is 11.5.